The summed E-state index contributed by atoms with van der Waals surface area (Å²) in [6.07, 6.45) is 0. The zero-order valence-electron chi connectivity index (χ0n) is 11.3. The molecule has 0 spiro atoms. The van der Waals surface area contributed by atoms with Crippen molar-refractivity contribution < 1.29 is 9.53 Å². The van der Waals surface area contributed by atoms with E-state index in [1.54, 1.807) is 13.2 Å². The van der Waals surface area contributed by atoms with E-state index < -0.39 is 11.9 Å². The predicted molar refractivity (Wildman–Crippen MR) is 90.4 cm³/mol. The molecule has 0 radical (unpaired) electrons. The number of ether oxygens (including phenoxy) is 1. The van der Waals surface area contributed by atoms with Crippen LogP contribution in [0.2, 0.25) is 0 Å². The van der Waals surface area contributed by atoms with Crippen LogP contribution in [0.3, 0.4) is 0 Å². The molecular formula is C15H14Br2N2O2. The SMILES string of the molecule is COc1ccc(C(Nc2cccc(Br)c2)C(N)=O)cc1Br. The van der Waals surface area contributed by atoms with Crippen molar-refractivity contribution in [3.63, 3.8) is 0 Å². The lowest BCUT2D eigenvalue weighted by molar-refractivity contribution is -0.118. The zero-order chi connectivity index (χ0) is 15.4. The van der Waals surface area contributed by atoms with Crippen molar-refractivity contribution in [2.45, 2.75) is 6.04 Å². The third-order valence-electron chi connectivity index (χ3n) is 2.93. The fraction of sp³-hybridized carbons (Fsp3) is 0.133. The molecule has 0 bridgehead atoms. The van der Waals surface area contributed by atoms with Crippen LogP contribution in [0.4, 0.5) is 5.69 Å². The van der Waals surface area contributed by atoms with Crippen LogP contribution >= 0.6 is 31.9 Å². The van der Waals surface area contributed by atoms with Gasteiger partial charge in [-0.3, -0.25) is 4.79 Å². The average Bonchev–Trinajstić information content (AvgIpc) is 2.44. The first kappa shape index (κ1) is 15.9. The number of carbonyl (C=O) groups is 1. The van der Waals surface area contributed by atoms with Gasteiger partial charge >= 0.3 is 0 Å². The second-order valence-corrected chi connectivity index (χ2v) is 6.15. The van der Waals surface area contributed by atoms with Gasteiger partial charge in [-0.25, -0.2) is 0 Å². The van der Waals surface area contributed by atoms with E-state index in [0.29, 0.717) is 5.75 Å². The number of rotatable bonds is 5. The average molecular weight is 414 g/mol. The van der Waals surface area contributed by atoms with Gasteiger partial charge in [-0.2, -0.15) is 0 Å². The lowest BCUT2D eigenvalue weighted by Gasteiger charge is -2.18. The Morgan fingerprint density at radius 2 is 2.00 bits per heavy atom. The fourth-order valence-electron chi connectivity index (χ4n) is 1.93. The van der Waals surface area contributed by atoms with E-state index in [1.165, 1.54) is 0 Å². The first-order chi connectivity index (χ1) is 10.0. The normalized spacial score (nSPS) is 11.8. The molecule has 0 heterocycles. The molecule has 0 aliphatic carbocycles. The van der Waals surface area contributed by atoms with E-state index in [2.05, 4.69) is 37.2 Å². The Kier molecular flexibility index (Phi) is 5.25. The van der Waals surface area contributed by atoms with Crippen molar-refractivity contribution in [3.8, 4) is 5.75 Å². The molecular weight excluding hydrogens is 400 g/mol. The van der Waals surface area contributed by atoms with Crippen molar-refractivity contribution in [3.05, 3.63) is 57.0 Å². The largest absolute Gasteiger partial charge is 0.496 e. The highest BCUT2D eigenvalue weighted by atomic mass is 79.9. The number of methoxy groups -OCH3 is 1. The van der Waals surface area contributed by atoms with Crippen LogP contribution in [-0.2, 0) is 4.79 Å². The van der Waals surface area contributed by atoms with Crippen LogP contribution in [0, 0.1) is 0 Å². The summed E-state index contributed by atoms with van der Waals surface area (Å²) in [5.74, 6) is 0.247. The van der Waals surface area contributed by atoms with E-state index in [-0.39, 0.29) is 0 Å². The molecule has 1 unspecified atom stereocenters. The summed E-state index contributed by atoms with van der Waals surface area (Å²) in [5.41, 5.74) is 7.08. The van der Waals surface area contributed by atoms with Crippen LogP contribution < -0.4 is 15.8 Å². The monoisotopic (exact) mass is 412 g/mol. The summed E-state index contributed by atoms with van der Waals surface area (Å²) in [4.78, 5) is 11.8. The van der Waals surface area contributed by atoms with Crippen LogP contribution in [0.1, 0.15) is 11.6 Å². The van der Waals surface area contributed by atoms with E-state index in [1.807, 2.05) is 36.4 Å². The van der Waals surface area contributed by atoms with Gasteiger partial charge in [0, 0.05) is 10.2 Å². The Balaban J connectivity index is 2.31. The molecule has 0 aliphatic rings. The van der Waals surface area contributed by atoms with E-state index in [0.717, 1.165) is 20.2 Å². The smallest absolute Gasteiger partial charge is 0.244 e. The van der Waals surface area contributed by atoms with Gasteiger partial charge in [0.05, 0.1) is 11.6 Å². The third-order valence-corrected chi connectivity index (χ3v) is 4.04. The van der Waals surface area contributed by atoms with Crippen LogP contribution in [0.5, 0.6) is 5.75 Å². The standard InChI is InChI=1S/C15H14Br2N2O2/c1-21-13-6-5-9(7-12(13)17)14(15(18)20)19-11-4-2-3-10(16)8-11/h2-8,14,19H,1H3,(H2,18,20). The predicted octanol–water partition coefficient (Wildman–Crippen LogP) is 3.86. The van der Waals surface area contributed by atoms with Gasteiger partial charge < -0.3 is 15.8 Å². The van der Waals surface area contributed by atoms with Gasteiger partial charge in [0.1, 0.15) is 11.8 Å². The van der Waals surface area contributed by atoms with Crippen LogP contribution in [-0.4, -0.2) is 13.0 Å². The van der Waals surface area contributed by atoms with E-state index in [9.17, 15) is 4.79 Å². The molecule has 1 amide bonds. The van der Waals surface area contributed by atoms with E-state index >= 15 is 0 Å². The molecule has 2 aromatic rings. The first-order valence-corrected chi connectivity index (χ1v) is 7.74. The minimum Gasteiger partial charge on any atom is -0.496 e. The summed E-state index contributed by atoms with van der Waals surface area (Å²) < 4.78 is 6.88. The molecule has 0 saturated carbocycles. The molecule has 110 valence electrons. The highest BCUT2D eigenvalue weighted by Crippen LogP contribution is 2.29. The summed E-state index contributed by atoms with van der Waals surface area (Å²) >= 11 is 6.81. The maximum Gasteiger partial charge on any atom is 0.244 e. The summed E-state index contributed by atoms with van der Waals surface area (Å²) in [5, 5.41) is 3.13. The summed E-state index contributed by atoms with van der Waals surface area (Å²) in [7, 11) is 1.59. The number of carbonyl (C=O) groups excluding carboxylic acids is 1. The fourth-order valence-corrected chi connectivity index (χ4v) is 2.88. The molecule has 0 fully saturated rings. The Morgan fingerprint density at radius 3 is 2.57 bits per heavy atom. The van der Waals surface area contributed by atoms with Crippen molar-refractivity contribution in [2.75, 3.05) is 12.4 Å². The number of nitrogens with one attached hydrogen (secondary N) is 1. The molecule has 3 N–H and O–H groups in total. The molecule has 1 atom stereocenters. The van der Waals surface area contributed by atoms with Gasteiger partial charge in [-0.1, -0.05) is 28.1 Å². The molecule has 0 aliphatic heterocycles. The third kappa shape index (κ3) is 3.98. The number of halogens is 2. The summed E-state index contributed by atoms with van der Waals surface area (Å²) in [6, 6.07) is 12.3. The second kappa shape index (κ2) is 6.95. The Bertz CT molecular complexity index is 662. The van der Waals surface area contributed by atoms with Crippen LogP contribution in [0.25, 0.3) is 0 Å². The van der Waals surface area contributed by atoms with Gasteiger partial charge in [0.15, 0.2) is 0 Å². The second-order valence-electron chi connectivity index (χ2n) is 4.38. The van der Waals surface area contributed by atoms with Gasteiger partial charge in [-0.05, 0) is 51.8 Å². The Labute approximate surface area is 139 Å². The molecule has 2 aromatic carbocycles. The summed E-state index contributed by atoms with van der Waals surface area (Å²) in [6.45, 7) is 0. The topological polar surface area (TPSA) is 64.3 Å². The number of hydrogen-bond donors (Lipinski definition) is 2. The molecule has 6 heteroatoms. The van der Waals surface area contributed by atoms with Gasteiger partial charge in [0.2, 0.25) is 5.91 Å². The molecule has 2 rings (SSSR count). The Morgan fingerprint density at radius 1 is 1.24 bits per heavy atom. The maximum absolute atomic E-state index is 11.8. The lowest BCUT2D eigenvalue weighted by atomic mass is 10.1. The number of amides is 1. The van der Waals surface area contributed by atoms with Crippen molar-refractivity contribution in [1.82, 2.24) is 0 Å². The quantitative estimate of drug-likeness (QED) is 0.782. The zero-order valence-corrected chi connectivity index (χ0v) is 14.4. The number of benzene rings is 2. The number of primary amides is 1. The van der Waals surface area contributed by atoms with Gasteiger partial charge in [0.25, 0.3) is 0 Å². The number of anilines is 1. The minimum absolute atomic E-state index is 0.452. The number of nitrogens with two attached hydrogens (primary N) is 1. The lowest BCUT2D eigenvalue weighted by Crippen LogP contribution is -2.27. The van der Waals surface area contributed by atoms with Crippen LogP contribution in [0.15, 0.2) is 51.4 Å². The minimum atomic E-state index is -0.624. The molecule has 0 saturated heterocycles. The maximum atomic E-state index is 11.8. The molecule has 4 nitrogen and oxygen atoms in total. The van der Waals surface area contributed by atoms with Crippen molar-refractivity contribution in [2.24, 2.45) is 5.73 Å². The van der Waals surface area contributed by atoms with E-state index in [4.69, 9.17) is 10.5 Å². The Hall–Kier alpha value is -1.53. The number of hydrogen-bond acceptors (Lipinski definition) is 3. The van der Waals surface area contributed by atoms with Gasteiger partial charge in [-0.15, -0.1) is 0 Å². The highest BCUT2D eigenvalue weighted by molar-refractivity contribution is 9.10. The molecule has 21 heavy (non-hydrogen) atoms. The van der Waals surface area contributed by atoms with Crippen molar-refractivity contribution in [1.29, 1.82) is 0 Å². The first-order valence-electron chi connectivity index (χ1n) is 6.16. The van der Waals surface area contributed by atoms with Crippen molar-refractivity contribution >= 4 is 43.5 Å². The molecule has 0 aromatic heterocycles. The highest BCUT2D eigenvalue weighted by Gasteiger charge is 2.19.